The van der Waals surface area contributed by atoms with Crippen molar-refractivity contribution in [1.82, 2.24) is 5.48 Å². The maximum Gasteiger partial charge on any atom is 0.127 e. The van der Waals surface area contributed by atoms with E-state index >= 15 is 0 Å². The highest BCUT2D eigenvalue weighted by molar-refractivity contribution is 5.46. The smallest absolute Gasteiger partial charge is 0.127 e. The van der Waals surface area contributed by atoms with Gasteiger partial charge < -0.3 is 14.7 Å². The highest BCUT2D eigenvalue weighted by atomic mass is 16.5. The second-order valence-corrected chi connectivity index (χ2v) is 3.16. The fourth-order valence-corrected chi connectivity index (χ4v) is 1.54. The summed E-state index contributed by atoms with van der Waals surface area (Å²) in [6, 6.07) is 3.81. The Morgan fingerprint density at radius 2 is 1.73 bits per heavy atom. The van der Waals surface area contributed by atoms with Crippen LogP contribution in [0.2, 0.25) is 0 Å². The van der Waals surface area contributed by atoms with Crippen LogP contribution in [0.15, 0.2) is 12.1 Å². The van der Waals surface area contributed by atoms with Gasteiger partial charge in [-0.05, 0) is 18.1 Å². The molecule has 4 heteroatoms. The number of aryl methyl sites for hydroxylation is 1. The number of nitrogens with one attached hydrogen (secondary N) is 1. The molecule has 0 unspecified atom stereocenters. The predicted octanol–water partition coefficient (Wildman–Crippen LogP) is 1.74. The molecule has 0 atom stereocenters. The van der Waals surface area contributed by atoms with Crippen molar-refractivity contribution in [3.63, 3.8) is 0 Å². The van der Waals surface area contributed by atoms with Crippen molar-refractivity contribution in [2.24, 2.45) is 0 Å². The molecule has 1 aromatic carbocycles. The number of hydrogen-bond acceptors (Lipinski definition) is 4. The normalized spacial score (nSPS) is 10.1. The Labute approximate surface area is 89.8 Å². The minimum Gasteiger partial charge on any atom is -0.496 e. The van der Waals surface area contributed by atoms with Gasteiger partial charge >= 0.3 is 0 Å². The molecule has 15 heavy (non-hydrogen) atoms. The van der Waals surface area contributed by atoms with Crippen LogP contribution < -0.4 is 15.0 Å². The van der Waals surface area contributed by atoms with Gasteiger partial charge in [-0.1, -0.05) is 6.92 Å². The third-order valence-electron chi connectivity index (χ3n) is 2.33. The lowest BCUT2D eigenvalue weighted by atomic mass is 10.1. The molecule has 0 aromatic heterocycles. The molecule has 0 saturated heterocycles. The van der Waals surface area contributed by atoms with E-state index in [9.17, 15) is 0 Å². The Bertz CT molecular complexity index is 326. The monoisotopic (exact) mass is 211 g/mol. The van der Waals surface area contributed by atoms with Crippen molar-refractivity contribution in [3.05, 3.63) is 23.3 Å². The molecular weight excluding hydrogens is 194 g/mol. The molecule has 0 fully saturated rings. The SMILES string of the molecule is CCc1cc(CNO)c(OC)cc1OC. The number of benzene rings is 1. The number of rotatable bonds is 5. The van der Waals surface area contributed by atoms with Crippen LogP contribution in [0.25, 0.3) is 0 Å². The molecule has 0 aliphatic carbocycles. The van der Waals surface area contributed by atoms with Gasteiger partial charge in [0, 0.05) is 18.2 Å². The summed E-state index contributed by atoms with van der Waals surface area (Å²) >= 11 is 0. The average molecular weight is 211 g/mol. The third-order valence-corrected chi connectivity index (χ3v) is 2.33. The van der Waals surface area contributed by atoms with Gasteiger partial charge in [-0.25, -0.2) is 5.48 Å². The Morgan fingerprint density at radius 3 is 2.20 bits per heavy atom. The van der Waals surface area contributed by atoms with Gasteiger partial charge in [0.1, 0.15) is 11.5 Å². The van der Waals surface area contributed by atoms with Crippen molar-refractivity contribution in [1.29, 1.82) is 0 Å². The summed E-state index contributed by atoms with van der Waals surface area (Å²) in [6.45, 7) is 2.42. The molecule has 1 aromatic rings. The Morgan fingerprint density at radius 1 is 1.13 bits per heavy atom. The molecule has 84 valence electrons. The largest absolute Gasteiger partial charge is 0.496 e. The van der Waals surface area contributed by atoms with E-state index in [1.54, 1.807) is 14.2 Å². The molecule has 0 aliphatic heterocycles. The van der Waals surface area contributed by atoms with Gasteiger partial charge in [0.05, 0.1) is 14.2 Å². The first kappa shape index (κ1) is 11.8. The van der Waals surface area contributed by atoms with Gasteiger partial charge in [0.15, 0.2) is 0 Å². The van der Waals surface area contributed by atoms with Crippen LogP contribution in [0.5, 0.6) is 11.5 Å². The highest BCUT2D eigenvalue weighted by Crippen LogP contribution is 2.29. The maximum atomic E-state index is 8.69. The van der Waals surface area contributed by atoms with Crippen LogP contribution in [-0.2, 0) is 13.0 Å². The van der Waals surface area contributed by atoms with E-state index in [0.29, 0.717) is 12.3 Å². The highest BCUT2D eigenvalue weighted by Gasteiger charge is 2.09. The summed E-state index contributed by atoms with van der Waals surface area (Å²) in [5.74, 6) is 1.53. The van der Waals surface area contributed by atoms with E-state index in [1.165, 1.54) is 0 Å². The fourth-order valence-electron chi connectivity index (χ4n) is 1.54. The number of ether oxygens (including phenoxy) is 2. The second kappa shape index (κ2) is 5.58. The predicted molar refractivity (Wildman–Crippen MR) is 57.6 cm³/mol. The van der Waals surface area contributed by atoms with Crippen molar-refractivity contribution in [2.45, 2.75) is 19.9 Å². The zero-order chi connectivity index (χ0) is 11.3. The molecular formula is C11H17NO3. The van der Waals surface area contributed by atoms with Crippen molar-refractivity contribution in [3.8, 4) is 11.5 Å². The summed E-state index contributed by atoms with van der Waals surface area (Å²) in [4.78, 5) is 0. The lowest BCUT2D eigenvalue weighted by Gasteiger charge is -2.13. The first-order chi connectivity index (χ1) is 7.26. The van der Waals surface area contributed by atoms with E-state index in [2.05, 4.69) is 12.4 Å². The topological polar surface area (TPSA) is 50.7 Å². The minimum absolute atomic E-state index is 0.361. The quantitative estimate of drug-likeness (QED) is 0.728. The van der Waals surface area contributed by atoms with Crippen molar-refractivity contribution < 1.29 is 14.7 Å². The Balaban J connectivity index is 3.15. The zero-order valence-corrected chi connectivity index (χ0v) is 9.33. The first-order valence-corrected chi connectivity index (χ1v) is 4.87. The van der Waals surface area contributed by atoms with Gasteiger partial charge in [-0.3, -0.25) is 0 Å². The summed E-state index contributed by atoms with van der Waals surface area (Å²) < 4.78 is 10.5. The molecule has 2 N–H and O–H groups in total. The minimum atomic E-state index is 0.361. The summed E-state index contributed by atoms with van der Waals surface area (Å²) in [6.07, 6.45) is 0.881. The van der Waals surface area contributed by atoms with Gasteiger partial charge in [-0.15, -0.1) is 0 Å². The van der Waals surface area contributed by atoms with Gasteiger partial charge in [-0.2, -0.15) is 0 Å². The molecule has 0 amide bonds. The molecule has 0 heterocycles. The van der Waals surface area contributed by atoms with E-state index in [-0.39, 0.29) is 0 Å². The van der Waals surface area contributed by atoms with Crippen molar-refractivity contribution >= 4 is 0 Å². The first-order valence-electron chi connectivity index (χ1n) is 4.87. The lowest BCUT2D eigenvalue weighted by Crippen LogP contribution is -2.08. The van der Waals surface area contributed by atoms with Gasteiger partial charge in [0.25, 0.3) is 0 Å². The van der Waals surface area contributed by atoms with E-state index in [1.807, 2.05) is 12.1 Å². The van der Waals surface area contributed by atoms with Gasteiger partial charge in [0.2, 0.25) is 0 Å². The maximum absolute atomic E-state index is 8.69. The second-order valence-electron chi connectivity index (χ2n) is 3.16. The standard InChI is InChI=1S/C11H17NO3/c1-4-8-5-9(7-12-13)11(15-3)6-10(8)14-2/h5-6,12-13H,4,7H2,1-3H3. The number of hydroxylamine groups is 1. The fraction of sp³-hybridized carbons (Fsp3) is 0.455. The molecule has 0 saturated carbocycles. The molecule has 4 nitrogen and oxygen atoms in total. The summed E-state index contributed by atoms with van der Waals surface area (Å²) in [5.41, 5.74) is 4.14. The van der Waals surface area contributed by atoms with Crippen LogP contribution >= 0.6 is 0 Å². The summed E-state index contributed by atoms with van der Waals surface area (Å²) in [7, 11) is 3.24. The van der Waals surface area contributed by atoms with E-state index in [4.69, 9.17) is 14.7 Å². The molecule has 0 bridgehead atoms. The van der Waals surface area contributed by atoms with Crippen LogP contribution in [0, 0.1) is 0 Å². The van der Waals surface area contributed by atoms with Crippen molar-refractivity contribution in [2.75, 3.05) is 14.2 Å². The number of hydrogen-bond donors (Lipinski definition) is 2. The summed E-state index contributed by atoms with van der Waals surface area (Å²) in [5, 5.41) is 8.69. The Hall–Kier alpha value is -1.26. The van der Waals surface area contributed by atoms with Crippen LogP contribution in [0.3, 0.4) is 0 Å². The third kappa shape index (κ3) is 2.61. The Kier molecular flexibility index (Phi) is 4.39. The van der Waals surface area contributed by atoms with Crippen LogP contribution in [0.1, 0.15) is 18.1 Å². The molecule has 0 aliphatic rings. The van der Waals surface area contributed by atoms with Crippen LogP contribution in [-0.4, -0.2) is 19.4 Å². The molecule has 1 rings (SSSR count). The zero-order valence-electron chi connectivity index (χ0n) is 9.33. The molecule has 0 spiro atoms. The molecule has 0 radical (unpaired) electrons. The lowest BCUT2D eigenvalue weighted by molar-refractivity contribution is 0.160. The van der Waals surface area contributed by atoms with E-state index in [0.717, 1.165) is 23.3 Å². The number of methoxy groups -OCH3 is 2. The average Bonchev–Trinajstić information content (AvgIpc) is 2.28. The van der Waals surface area contributed by atoms with Crippen LogP contribution in [0.4, 0.5) is 0 Å². The van der Waals surface area contributed by atoms with E-state index < -0.39 is 0 Å².